The van der Waals surface area contributed by atoms with E-state index in [2.05, 4.69) is 46.3 Å². The minimum absolute atomic E-state index is 0.0619. The summed E-state index contributed by atoms with van der Waals surface area (Å²) in [6.07, 6.45) is -0.0619. The van der Waals surface area contributed by atoms with Gasteiger partial charge in [0.25, 0.3) is 0 Å². The number of morpholine rings is 1. The first-order valence-electron chi connectivity index (χ1n) is 9.78. The Hall–Kier alpha value is -2.12. The van der Waals surface area contributed by atoms with E-state index in [4.69, 9.17) is 4.74 Å². The molecule has 2 aliphatic rings. The minimum atomic E-state index is -0.186. The van der Waals surface area contributed by atoms with Crippen LogP contribution in [0, 0.1) is 6.92 Å². The van der Waals surface area contributed by atoms with Gasteiger partial charge in [-0.3, -0.25) is 14.5 Å². The van der Waals surface area contributed by atoms with Crippen LogP contribution in [0.3, 0.4) is 0 Å². The fraction of sp³-hybridized carbons (Fsp3) is 0.600. The van der Waals surface area contributed by atoms with E-state index in [-0.39, 0.29) is 18.2 Å². The zero-order chi connectivity index (χ0) is 19.1. The first-order chi connectivity index (χ1) is 13.1. The van der Waals surface area contributed by atoms with Crippen LogP contribution in [-0.4, -0.2) is 87.2 Å². The lowest BCUT2D eigenvalue weighted by Crippen LogP contribution is -2.49. The maximum Gasteiger partial charge on any atom is 0.232 e. The van der Waals surface area contributed by atoms with Crippen molar-refractivity contribution in [1.82, 2.24) is 15.1 Å². The summed E-state index contributed by atoms with van der Waals surface area (Å²) in [5.74, 6) is -0.267. The average Bonchev–Trinajstić information content (AvgIpc) is 2.69. The topological polar surface area (TPSA) is 65.1 Å². The predicted octanol–water partition coefficient (Wildman–Crippen LogP) is 0.482. The number of ether oxygens (including phenoxy) is 1. The number of hydrogen-bond acceptors (Lipinski definition) is 5. The summed E-state index contributed by atoms with van der Waals surface area (Å²) >= 11 is 0. The fourth-order valence-electron chi connectivity index (χ4n) is 3.53. The molecular weight excluding hydrogens is 344 g/mol. The maximum atomic E-state index is 12.4. The number of rotatable bonds is 6. The highest BCUT2D eigenvalue weighted by molar-refractivity contribution is 5.97. The second-order valence-corrected chi connectivity index (χ2v) is 7.19. The van der Waals surface area contributed by atoms with Crippen LogP contribution in [0.2, 0.25) is 0 Å². The zero-order valence-corrected chi connectivity index (χ0v) is 16.2. The van der Waals surface area contributed by atoms with Crippen molar-refractivity contribution < 1.29 is 14.3 Å². The summed E-state index contributed by atoms with van der Waals surface area (Å²) in [4.78, 5) is 30.8. The van der Waals surface area contributed by atoms with Crippen LogP contribution in [0.25, 0.3) is 0 Å². The summed E-state index contributed by atoms with van der Waals surface area (Å²) < 4.78 is 5.31. The molecule has 2 aliphatic heterocycles. The Morgan fingerprint density at radius 2 is 1.81 bits per heavy atom. The molecule has 0 unspecified atom stereocenters. The molecule has 2 fully saturated rings. The quantitative estimate of drug-likeness (QED) is 0.734. The van der Waals surface area contributed by atoms with Gasteiger partial charge in [0.15, 0.2) is 0 Å². The molecule has 0 saturated carbocycles. The van der Waals surface area contributed by atoms with Gasteiger partial charge in [-0.25, -0.2) is 0 Å². The van der Waals surface area contributed by atoms with Crippen molar-refractivity contribution >= 4 is 17.5 Å². The van der Waals surface area contributed by atoms with Gasteiger partial charge in [0.05, 0.1) is 13.2 Å². The molecule has 7 heteroatoms. The second-order valence-electron chi connectivity index (χ2n) is 7.19. The van der Waals surface area contributed by atoms with Gasteiger partial charge in [0.2, 0.25) is 11.8 Å². The van der Waals surface area contributed by atoms with Gasteiger partial charge in [-0.1, -0.05) is 12.1 Å². The summed E-state index contributed by atoms with van der Waals surface area (Å²) in [5, 5.41) is 2.86. The average molecular weight is 374 g/mol. The van der Waals surface area contributed by atoms with Crippen molar-refractivity contribution in [1.29, 1.82) is 0 Å². The second kappa shape index (κ2) is 9.71. The Kier molecular flexibility index (Phi) is 7.06. The molecule has 2 amide bonds. The van der Waals surface area contributed by atoms with Crippen molar-refractivity contribution in [2.45, 2.75) is 13.3 Å². The van der Waals surface area contributed by atoms with Crippen LogP contribution in [0.15, 0.2) is 24.3 Å². The molecule has 27 heavy (non-hydrogen) atoms. The number of anilines is 1. The molecule has 2 saturated heterocycles. The molecule has 0 radical (unpaired) electrons. The first-order valence-corrected chi connectivity index (χ1v) is 9.78. The molecule has 1 N–H and O–H groups in total. The number of aryl methyl sites for hydroxylation is 1. The minimum Gasteiger partial charge on any atom is -0.379 e. The number of amides is 2. The van der Waals surface area contributed by atoms with Gasteiger partial charge in [0.1, 0.15) is 6.42 Å². The summed E-state index contributed by atoms with van der Waals surface area (Å²) in [5.41, 5.74) is 2.43. The third-order valence-electron chi connectivity index (χ3n) is 5.16. The van der Waals surface area contributed by atoms with Gasteiger partial charge < -0.3 is 19.9 Å². The number of piperazine rings is 1. The van der Waals surface area contributed by atoms with E-state index in [0.29, 0.717) is 19.6 Å². The van der Waals surface area contributed by atoms with E-state index < -0.39 is 0 Å². The van der Waals surface area contributed by atoms with Gasteiger partial charge in [0, 0.05) is 58.0 Å². The number of benzene rings is 1. The normalized spacial score (nSPS) is 18.4. The van der Waals surface area contributed by atoms with Crippen molar-refractivity contribution in [3.63, 3.8) is 0 Å². The number of nitrogens with zero attached hydrogens (tertiary/aromatic N) is 3. The number of nitrogens with one attached hydrogen (secondary N) is 1. The van der Waals surface area contributed by atoms with Crippen molar-refractivity contribution in [2.75, 3.05) is 70.5 Å². The van der Waals surface area contributed by atoms with Crippen molar-refractivity contribution in [3.05, 3.63) is 29.8 Å². The number of carbonyl (C=O) groups is 2. The monoisotopic (exact) mass is 374 g/mol. The molecule has 3 rings (SSSR count). The van der Waals surface area contributed by atoms with Crippen molar-refractivity contribution in [2.24, 2.45) is 0 Å². The van der Waals surface area contributed by atoms with Crippen LogP contribution >= 0.6 is 0 Å². The van der Waals surface area contributed by atoms with Crippen LogP contribution in [0.5, 0.6) is 0 Å². The summed E-state index contributed by atoms with van der Waals surface area (Å²) in [7, 11) is 0. The Balaban J connectivity index is 1.35. The molecule has 7 nitrogen and oxygen atoms in total. The Morgan fingerprint density at radius 1 is 1.07 bits per heavy atom. The van der Waals surface area contributed by atoms with Gasteiger partial charge in [-0.05, 0) is 24.6 Å². The van der Waals surface area contributed by atoms with Gasteiger partial charge >= 0.3 is 0 Å². The zero-order valence-electron chi connectivity index (χ0n) is 16.2. The number of hydrogen-bond donors (Lipinski definition) is 1. The van der Waals surface area contributed by atoms with E-state index in [9.17, 15) is 9.59 Å². The molecule has 1 aromatic rings. The Labute approximate surface area is 161 Å². The highest BCUT2D eigenvalue weighted by atomic mass is 16.5. The molecule has 0 atom stereocenters. The maximum absolute atomic E-state index is 12.4. The van der Waals surface area contributed by atoms with Crippen LogP contribution in [0.1, 0.15) is 12.0 Å². The molecular formula is C20H30N4O3. The lowest BCUT2D eigenvalue weighted by atomic mass is 10.2. The number of carbonyl (C=O) groups excluding carboxylic acids is 2. The van der Waals surface area contributed by atoms with E-state index in [1.807, 2.05) is 0 Å². The molecule has 0 spiro atoms. The molecule has 0 aromatic heterocycles. The van der Waals surface area contributed by atoms with Crippen LogP contribution in [-0.2, 0) is 14.3 Å². The third kappa shape index (κ3) is 5.94. The Morgan fingerprint density at radius 3 is 2.52 bits per heavy atom. The van der Waals surface area contributed by atoms with Crippen molar-refractivity contribution in [3.8, 4) is 0 Å². The van der Waals surface area contributed by atoms with Gasteiger partial charge in [-0.15, -0.1) is 0 Å². The van der Waals surface area contributed by atoms with Crippen LogP contribution < -0.4 is 10.2 Å². The Bertz CT molecular complexity index is 638. The first kappa shape index (κ1) is 19.6. The SMILES string of the molecule is Cc1cccc(N2CCN(C(=O)CC(=O)NCCN3CCOCC3)CC2)c1. The predicted molar refractivity (Wildman–Crippen MR) is 105 cm³/mol. The highest BCUT2D eigenvalue weighted by Gasteiger charge is 2.23. The summed E-state index contributed by atoms with van der Waals surface area (Å²) in [6.45, 7) is 9.69. The summed E-state index contributed by atoms with van der Waals surface area (Å²) in [6, 6.07) is 8.41. The van der Waals surface area contributed by atoms with E-state index in [1.54, 1.807) is 4.90 Å². The molecule has 148 valence electrons. The van der Waals surface area contributed by atoms with E-state index >= 15 is 0 Å². The van der Waals surface area contributed by atoms with E-state index in [1.165, 1.54) is 11.3 Å². The lowest BCUT2D eigenvalue weighted by molar-refractivity contribution is -0.136. The third-order valence-corrected chi connectivity index (χ3v) is 5.16. The smallest absolute Gasteiger partial charge is 0.232 e. The lowest BCUT2D eigenvalue weighted by Gasteiger charge is -2.36. The van der Waals surface area contributed by atoms with Gasteiger partial charge in [-0.2, -0.15) is 0 Å². The molecule has 0 aliphatic carbocycles. The molecule has 1 aromatic carbocycles. The highest BCUT2D eigenvalue weighted by Crippen LogP contribution is 2.18. The van der Waals surface area contributed by atoms with Crippen LogP contribution in [0.4, 0.5) is 5.69 Å². The molecule has 0 bridgehead atoms. The van der Waals surface area contributed by atoms with E-state index in [0.717, 1.165) is 45.9 Å². The fourth-order valence-corrected chi connectivity index (χ4v) is 3.53. The standard InChI is InChI=1S/C20H30N4O3/c1-17-3-2-4-18(15-17)23-7-9-24(10-8-23)20(26)16-19(25)21-5-6-22-11-13-27-14-12-22/h2-4,15H,5-14,16H2,1H3,(H,21,25). The largest absolute Gasteiger partial charge is 0.379 e. The molecule has 2 heterocycles.